The summed E-state index contributed by atoms with van der Waals surface area (Å²) in [7, 11) is -3.86. The number of urea groups is 1. The molecular formula is C19H21N5O5S. The quantitative estimate of drug-likeness (QED) is 0.661. The van der Waals surface area contributed by atoms with Gasteiger partial charge in [0, 0.05) is 26.2 Å². The van der Waals surface area contributed by atoms with Crippen molar-refractivity contribution in [3.63, 3.8) is 0 Å². The molecule has 0 unspecified atom stereocenters. The van der Waals surface area contributed by atoms with Crippen molar-refractivity contribution < 1.29 is 22.8 Å². The second-order valence-electron chi connectivity index (χ2n) is 7.65. The lowest BCUT2D eigenvalue weighted by Crippen LogP contribution is -2.54. The van der Waals surface area contributed by atoms with Gasteiger partial charge in [-0.15, -0.1) is 0 Å². The minimum atomic E-state index is -3.86. The van der Waals surface area contributed by atoms with Crippen LogP contribution in [0.2, 0.25) is 0 Å². The maximum absolute atomic E-state index is 12.9. The van der Waals surface area contributed by atoms with E-state index in [1.807, 2.05) is 6.07 Å². The molecule has 2 saturated heterocycles. The summed E-state index contributed by atoms with van der Waals surface area (Å²) in [4.78, 5) is 39.6. The summed E-state index contributed by atoms with van der Waals surface area (Å²) in [6, 6.07) is 7.32. The number of carbonyl (C=O) groups excluding carboxylic acids is 3. The number of rotatable bonds is 4. The predicted octanol–water partition coefficient (Wildman–Crippen LogP) is -0.134. The molecule has 0 atom stereocenters. The smallest absolute Gasteiger partial charge is 0.325 e. The highest BCUT2D eigenvalue weighted by atomic mass is 32.2. The summed E-state index contributed by atoms with van der Waals surface area (Å²) in [5.74, 6) is -0.759. The number of piperazine rings is 1. The van der Waals surface area contributed by atoms with Crippen LogP contribution in [0, 0.1) is 11.3 Å². The number of nitrogens with zero attached hydrogens (tertiary/aromatic N) is 4. The van der Waals surface area contributed by atoms with Gasteiger partial charge in [0.25, 0.3) is 5.91 Å². The minimum Gasteiger partial charge on any atom is -0.338 e. The molecule has 4 rings (SSSR count). The Kier molecular flexibility index (Phi) is 4.99. The SMILES string of the molecule is N#Cc1ccccc1S(=O)(=O)N1CCN(C(=O)CN2C(=O)NC3(CCC3)C2=O)CC1. The third kappa shape index (κ3) is 3.22. The van der Waals surface area contributed by atoms with Crippen LogP contribution in [0.5, 0.6) is 0 Å². The summed E-state index contributed by atoms with van der Waals surface area (Å²) in [5, 5.41) is 11.9. The Morgan fingerprint density at radius 2 is 1.80 bits per heavy atom. The van der Waals surface area contributed by atoms with Crippen LogP contribution in [0.4, 0.5) is 4.79 Å². The van der Waals surface area contributed by atoms with Crippen molar-refractivity contribution in [3.8, 4) is 6.07 Å². The van der Waals surface area contributed by atoms with E-state index in [9.17, 15) is 28.1 Å². The molecule has 0 radical (unpaired) electrons. The predicted molar refractivity (Wildman–Crippen MR) is 103 cm³/mol. The van der Waals surface area contributed by atoms with E-state index in [0.717, 1.165) is 11.3 Å². The zero-order chi connectivity index (χ0) is 21.5. The van der Waals surface area contributed by atoms with Crippen molar-refractivity contribution in [1.29, 1.82) is 5.26 Å². The largest absolute Gasteiger partial charge is 0.338 e. The van der Waals surface area contributed by atoms with Gasteiger partial charge in [-0.3, -0.25) is 14.5 Å². The molecule has 1 spiro atoms. The van der Waals surface area contributed by atoms with Gasteiger partial charge in [-0.1, -0.05) is 12.1 Å². The first-order chi connectivity index (χ1) is 14.3. The van der Waals surface area contributed by atoms with E-state index < -0.39 is 27.5 Å². The van der Waals surface area contributed by atoms with Crippen molar-refractivity contribution in [2.24, 2.45) is 0 Å². The van der Waals surface area contributed by atoms with E-state index in [-0.39, 0.29) is 49.1 Å². The number of sulfonamides is 1. The number of nitrogens with one attached hydrogen (secondary N) is 1. The summed E-state index contributed by atoms with van der Waals surface area (Å²) >= 11 is 0. The number of amides is 4. The van der Waals surface area contributed by atoms with Crippen molar-refractivity contribution in [2.75, 3.05) is 32.7 Å². The molecule has 1 N–H and O–H groups in total. The molecule has 2 heterocycles. The monoisotopic (exact) mass is 431 g/mol. The molecule has 4 amide bonds. The Morgan fingerprint density at radius 1 is 1.13 bits per heavy atom. The van der Waals surface area contributed by atoms with E-state index in [0.29, 0.717) is 12.8 Å². The number of hydrogen-bond donors (Lipinski definition) is 1. The first-order valence-corrected chi connectivity index (χ1v) is 11.1. The molecule has 11 heteroatoms. The second kappa shape index (κ2) is 7.37. The fourth-order valence-electron chi connectivity index (χ4n) is 4.03. The van der Waals surface area contributed by atoms with Gasteiger partial charge in [0.15, 0.2) is 0 Å². The van der Waals surface area contributed by atoms with Crippen molar-refractivity contribution in [3.05, 3.63) is 29.8 Å². The van der Waals surface area contributed by atoms with Gasteiger partial charge in [0.2, 0.25) is 15.9 Å². The number of nitriles is 1. The van der Waals surface area contributed by atoms with Crippen LogP contribution in [0.25, 0.3) is 0 Å². The zero-order valence-electron chi connectivity index (χ0n) is 16.2. The van der Waals surface area contributed by atoms with E-state index in [1.165, 1.54) is 21.3 Å². The van der Waals surface area contributed by atoms with Crippen molar-refractivity contribution in [2.45, 2.75) is 29.7 Å². The Hall–Kier alpha value is -2.97. The van der Waals surface area contributed by atoms with Crippen LogP contribution >= 0.6 is 0 Å². The van der Waals surface area contributed by atoms with Gasteiger partial charge in [0.1, 0.15) is 18.2 Å². The molecule has 158 valence electrons. The maximum atomic E-state index is 12.9. The Bertz CT molecular complexity index is 1050. The zero-order valence-corrected chi connectivity index (χ0v) is 17.0. The first-order valence-electron chi connectivity index (χ1n) is 9.70. The van der Waals surface area contributed by atoms with Crippen LogP contribution in [0.1, 0.15) is 24.8 Å². The molecule has 3 fully saturated rings. The number of carbonyl (C=O) groups is 3. The van der Waals surface area contributed by atoms with Gasteiger partial charge in [-0.2, -0.15) is 9.57 Å². The van der Waals surface area contributed by atoms with Gasteiger partial charge in [0.05, 0.1) is 10.5 Å². The molecular weight excluding hydrogens is 410 g/mol. The van der Waals surface area contributed by atoms with E-state index in [2.05, 4.69) is 5.32 Å². The van der Waals surface area contributed by atoms with Gasteiger partial charge in [-0.25, -0.2) is 13.2 Å². The maximum Gasteiger partial charge on any atom is 0.325 e. The highest BCUT2D eigenvalue weighted by Gasteiger charge is 2.55. The van der Waals surface area contributed by atoms with E-state index in [1.54, 1.807) is 12.1 Å². The van der Waals surface area contributed by atoms with Gasteiger partial charge in [-0.05, 0) is 31.4 Å². The van der Waals surface area contributed by atoms with Crippen LogP contribution in [0.3, 0.4) is 0 Å². The van der Waals surface area contributed by atoms with Crippen molar-refractivity contribution >= 4 is 27.9 Å². The summed E-state index contributed by atoms with van der Waals surface area (Å²) < 4.78 is 27.0. The van der Waals surface area contributed by atoms with Crippen LogP contribution in [0.15, 0.2) is 29.2 Å². The molecule has 0 aromatic heterocycles. The molecule has 30 heavy (non-hydrogen) atoms. The number of hydrogen-bond acceptors (Lipinski definition) is 6. The van der Waals surface area contributed by atoms with Crippen LogP contribution in [-0.2, 0) is 19.6 Å². The van der Waals surface area contributed by atoms with Crippen LogP contribution < -0.4 is 5.32 Å². The lowest BCUT2D eigenvalue weighted by atomic mass is 9.77. The fraction of sp³-hybridized carbons (Fsp3) is 0.474. The lowest BCUT2D eigenvalue weighted by molar-refractivity contribution is -0.141. The van der Waals surface area contributed by atoms with E-state index >= 15 is 0 Å². The van der Waals surface area contributed by atoms with Gasteiger partial charge >= 0.3 is 6.03 Å². The van der Waals surface area contributed by atoms with Crippen molar-refractivity contribution in [1.82, 2.24) is 19.4 Å². The molecule has 2 aliphatic heterocycles. The molecule has 1 aliphatic carbocycles. The van der Waals surface area contributed by atoms with E-state index in [4.69, 9.17) is 0 Å². The normalized spacial score (nSPS) is 21.3. The molecule has 1 aromatic carbocycles. The summed E-state index contributed by atoms with van der Waals surface area (Å²) in [5.41, 5.74) is -0.766. The fourth-order valence-corrected chi connectivity index (χ4v) is 5.59. The van der Waals surface area contributed by atoms with Gasteiger partial charge < -0.3 is 10.2 Å². The standard InChI is InChI=1S/C19H21N5O5S/c20-12-14-4-1-2-5-15(14)30(28,29)23-10-8-22(9-11-23)16(25)13-24-17(26)19(6-3-7-19)21-18(24)27/h1-2,4-5H,3,6-11,13H2,(H,21,27). The number of benzene rings is 1. The third-order valence-electron chi connectivity index (χ3n) is 5.96. The average molecular weight is 431 g/mol. The average Bonchev–Trinajstić information content (AvgIpc) is 2.99. The topological polar surface area (TPSA) is 131 Å². The molecule has 1 saturated carbocycles. The molecule has 0 bridgehead atoms. The number of imide groups is 1. The lowest BCUT2D eigenvalue weighted by Gasteiger charge is -2.36. The third-order valence-corrected chi connectivity index (χ3v) is 7.92. The van der Waals surface area contributed by atoms with Crippen LogP contribution in [-0.4, -0.2) is 78.6 Å². The Balaban J connectivity index is 1.39. The molecule has 3 aliphatic rings. The minimum absolute atomic E-state index is 0.0580. The highest BCUT2D eigenvalue weighted by molar-refractivity contribution is 7.89. The molecule has 10 nitrogen and oxygen atoms in total. The highest BCUT2D eigenvalue weighted by Crippen LogP contribution is 2.37. The summed E-state index contributed by atoms with van der Waals surface area (Å²) in [6.45, 7) is 0.0649. The Morgan fingerprint density at radius 3 is 2.37 bits per heavy atom. The molecule has 1 aromatic rings. The Labute approximate surface area is 174 Å². The first kappa shape index (κ1) is 20.3. The summed E-state index contributed by atoms with van der Waals surface area (Å²) in [6.07, 6.45) is 2.03. The second-order valence-corrected chi connectivity index (χ2v) is 9.56.